The molecule has 3 heterocycles. The molecule has 1 fully saturated rings. The van der Waals surface area contributed by atoms with E-state index in [2.05, 4.69) is 25.7 Å². The van der Waals surface area contributed by atoms with E-state index in [0.717, 1.165) is 30.2 Å². The first-order valence-corrected chi connectivity index (χ1v) is 6.90. The van der Waals surface area contributed by atoms with Crippen molar-refractivity contribution in [3.8, 4) is 22.9 Å². The summed E-state index contributed by atoms with van der Waals surface area (Å²) >= 11 is 0. The maximum atomic E-state index is 4.59. The Hall–Kier alpha value is -2.54. The Morgan fingerprint density at radius 2 is 2.00 bits per heavy atom. The van der Waals surface area contributed by atoms with Gasteiger partial charge in [0.05, 0.1) is 12.2 Å². The van der Waals surface area contributed by atoms with Gasteiger partial charge in [-0.1, -0.05) is 35.5 Å². The van der Waals surface area contributed by atoms with Gasteiger partial charge >= 0.3 is 0 Å². The van der Waals surface area contributed by atoms with Gasteiger partial charge in [0.1, 0.15) is 5.69 Å². The summed E-state index contributed by atoms with van der Waals surface area (Å²) in [5.74, 6) is 1.43. The molecule has 0 amide bonds. The first-order valence-electron chi connectivity index (χ1n) is 6.90. The highest BCUT2D eigenvalue weighted by Crippen LogP contribution is 2.21. The fourth-order valence-corrected chi connectivity index (χ4v) is 2.34. The summed E-state index contributed by atoms with van der Waals surface area (Å²) < 4.78 is 3.64. The van der Waals surface area contributed by atoms with Gasteiger partial charge in [-0.05, 0) is 0 Å². The van der Waals surface area contributed by atoms with E-state index in [1.807, 2.05) is 48.3 Å². The topological polar surface area (TPSA) is 73.5 Å². The molecule has 2 aromatic heterocycles. The Morgan fingerprint density at radius 3 is 2.71 bits per heavy atom. The largest absolute Gasteiger partial charge is 0.312 e. The molecule has 0 unspecified atom stereocenters. The van der Waals surface area contributed by atoms with Crippen molar-refractivity contribution >= 4 is 0 Å². The van der Waals surface area contributed by atoms with Crippen molar-refractivity contribution in [2.24, 2.45) is 7.05 Å². The summed E-state index contributed by atoms with van der Waals surface area (Å²) in [6.07, 6.45) is 1.93. The molecule has 1 aliphatic rings. The van der Waals surface area contributed by atoms with Crippen LogP contribution >= 0.6 is 0 Å². The zero-order valence-corrected chi connectivity index (χ0v) is 11.6. The Bertz CT molecular complexity index is 755. The van der Waals surface area contributed by atoms with Crippen molar-refractivity contribution < 1.29 is 0 Å². The fourth-order valence-electron chi connectivity index (χ4n) is 2.34. The molecule has 1 aliphatic heterocycles. The summed E-state index contributed by atoms with van der Waals surface area (Å²) in [4.78, 5) is 4.59. The Labute approximate surface area is 121 Å². The van der Waals surface area contributed by atoms with Gasteiger partial charge in [0, 0.05) is 25.7 Å². The van der Waals surface area contributed by atoms with Crippen LogP contribution in [0.3, 0.4) is 0 Å². The maximum absolute atomic E-state index is 4.59. The first kappa shape index (κ1) is 12.2. The van der Waals surface area contributed by atoms with Gasteiger partial charge < -0.3 is 5.32 Å². The van der Waals surface area contributed by atoms with E-state index in [4.69, 9.17) is 0 Å². The van der Waals surface area contributed by atoms with Crippen molar-refractivity contribution in [3.05, 3.63) is 36.5 Å². The quantitative estimate of drug-likeness (QED) is 0.771. The number of hydrogen-bond donors (Lipinski definition) is 1. The number of nitrogens with zero attached hydrogens (tertiary/aromatic N) is 6. The van der Waals surface area contributed by atoms with Crippen LogP contribution in [-0.2, 0) is 7.05 Å². The van der Waals surface area contributed by atoms with Crippen LogP contribution in [-0.4, -0.2) is 42.8 Å². The molecule has 0 radical (unpaired) electrons. The van der Waals surface area contributed by atoms with Crippen LogP contribution in [0.4, 0.5) is 0 Å². The molecule has 0 atom stereocenters. The molecule has 0 bridgehead atoms. The molecule has 0 spiro atoms. The third kappa shape index (κ3) is 2.11. The van der Waals surface area contributed by atoms with Crippen LogP contribution in [0.15, 0.2) is 36.5 Å². The molecule has 1 N–H and O–H groups in total. The SMILES string of the molecule is Cn1nc(-c2ccccc2)nc1-c1cn(C2CNC2)nn1. The Kier molecular flexibility index (Phi) is 2.78. The minimum atomic E-state index is 0.396. The van der Waals surface area contributed by atoms with Crippen LogP contribution in [0, 0.1) is 0 Å². The standard InChI is InChI=1S/C14H15N7/c1-20-14(12-9-21(19-17-12)11-7-15-8-11)16-13(18-20)10-5-3-2-4-6-10/h2-6,9,11,15H,7-8H2,1H3. The summed E-state index contributed by atoms with van der Waals surface area (Å²) in [5, 5.41) is 16.1. The van der Waals surface area contributed by atoms with Gasteiger partial charge in [0.15, 0.2) is 11.6 Å². The van der Waals surface area contributed by atoms with Gasteiger partial charge in [-0.25, -0.2) is 14.3 Å². The molecule has 7 nitrogen and oxygen atoms in total. The lowest BCUT2D eigenvalue weighted by molar-refractivity contribution is 0.313. The summed E-state index contributed by atoms with van der Waals surface area (Å²) in [6.45, 7) is 1.88. The average Bonchev–Trinajstić information content (AvgIpc) is 3.05. The van der Waals surface area contributed by atoms with Crippen molar-refractivity contribution in [3.63, 3.8) is 0 Å². The van der Waals surface area contributed by atoms with E-state index < -0.39 is 0 Å². The van der Waals surface area contributed by atoms with Gasteiger partial charge in [-0.15, -0.1) is 5.10 Å². The molecule has 1 saturated heterocycles. The van der Waals surface area contributed by atoms with Crippen molar-refractivity contribution in [1.82, 2.24) is 35.1 Å². The predicted octanol–water partition coefficient (Wildman–Crippen LogP) is 0.885. The summed E-state index contributed by atoms with van der Waals surface area (Å²) in [6, 6.07) is 10.3. The van der Waals surface area contributed by atoms with Crippen molar-refractivity contribution in [2.75, 3.05) is 13.1 Å². The maximum Gasteiger partial charge on any atom is 0.181 e. The van der Waals surface area contributed by atoms with Crippen LogP contribution in [0.1, 0.15) is 6.04 Å². The molecule has 0 saturated carbocycles. The Balaban J connectivity index is 1.69. The van der Waals surface area contributed by atoms with E-state index in [1.165, 1.54) is 0 Å². The number of hydrogen-bond acceptors (Lipinski definition) is 5. The third-order valence-corrected chi connectivity index (χ3v) is 3.67. The zero-order chi connectivity index (χ0) is 14.2. The number of nitrogens with one attached hydrogen (secondary N) is 1. The molecule has 1 aromatic carbocycles. The molecule has 0 aliphatic carbocycles. The van der Waals surface area contributed by atoms with E-state index in [-0.39, 0.29) is 0 Å². The summed E-state index contributed by atoms with van der Waals surface area (Å²) in [7, 11) is 1.87. The van der Waals surface area contributed by atoms with E-state index in [9.17, 15) is 0 Å². The van der Waals surface area contributed by atoms with Gasteiger partial charge in [-0.2, -0.15) is 5.10 Å². The summed E-state index contributed by atoms with van der Waals surface area (Å²) in [5.41, 5.74) is 1.74. The molecule has 4 rings (SSSR count). The molecule has 3 aromatic rings. The Morgan fingerprint density at radius 1 is 1.19 bits per heavy atom. The molecular weight excluding hydrogens is 266 g/mol. The lowest BCUT2D eigenvalue weighted by atomic mass is 10.2. The van der Waals surface area contributed by atoms with Crippen molar-refractivity contribution in [1.29, 1.82) is 0 Å². The van der Waals surface area contributed by atoms with Crippen LogP contribution in [0.5, 0.6) is 0 Å². The number of aryl methyl sites for hydroxylation is 1. The van der Waals surface area contributed by atoms with Crippen LogP contribution in [0.2, 0.25) is 0 Å². The van der Waals surface area contributed by atoms with Gasteiger partial charge in [0.2, 0.25) is 0 Å². The van der Waals surface area contributed by atoms with Gasteiger partial charge in [0.25, 0.3) is 0 Å². The lowest BCUT2D eigenvalue weighted by Crippen LogP contribution is -2.43. The lowest BCUT2D eigenvalue weighted by Gasteiger charge is -2.26. The first-order chi connectivity index (χ1) is 10.3. The third-order valence-electron chi connectivity index (χ3n) is 3.67. The second-order valence-corrected chi connectivity index (χ2v) is 5.14. The van der Waals surface area contributed by atoms with E-state index in [0.29, 0.717) is 11.9 Å². The van der Waals surface area contributed by atoms with Crippen molar-refractivity contribution in [2.45, 2.75) is 6.04 Å². The highest BCUT2D eigenvalue weighted by atomic mass is 15.5. The second-order valence-electron chi connectivity index (χ2n) is 5.14. The molecule has 7 heteroatoms. The number of aromatic nitrogens is 6. The molecule has 106 valence electrons. The highest BCUT2D eigenvalue weighted by Gasteiger charge is 2.21. The zero-order valence-electron chi connectivity index (χ0n) is 11.6. The highest BCUT2D eigenvalue weighted by molar-refractivity contribution is 5.58. The fraction of sp³-hybridized carbons (Fsp3) is 0.286. The van der Waals surface area contributed by atoms with E-state index >= 15 is 0 Å². The predicted molar refractivity (Wildman–Crippen MR) is 77.4 cm³/mol. The molecule has 21 heavy (non-hydrogen) atoms. The average molecular weight is 281 g/mol. The van der Waals surface area contributed by atoms with Gasteiger partial charge in [-0.3, -0.25) is 0 Å². The smallest absolute Gasteiger partial charge is 0.181 e. The minimum Gasteiger partial charge on any atom is -0.312 e. The van der Waals surface area contributed by atoms with Crippen LogP contribution in [0.25, 0.3) is 22.9 Å². The normalized spacial score (nSPS) is 15.1. The number of rotatable bonds is 3. The molecular formula is C14H15N7. The van der Waals surface area contributed by atoms with E-state index in [1.54, 1.807) is 4.68 Å². The minimum absolute atomic E-state index is 0.396. The van der Waals surface area contributed by atoms with Crippen LogP contribution < -0.4 is 5.32 Å². The monoisotopic (exact) mass is 281 g/mol. The second kappa shape index (κ2) is 4.78. The number of benzene rings is 1.